The lowest BCUT2D eigenvalue weighted by Gasteiger charge is -2.29. The minimum atomic E-state index is -0.124. The minimum Gasteiger partial charge on any atom is -0.396 e. The van der Waals surface area contributed by atoms with Gasteiger partial charge in [0, 0.05) is 37.6 Å². The van der Waals surface area contributed by atoms with Crippen molar-refractivity contribution in [1.82, 2.24) is 20.6 Å². The second-order valence-corrected chi connectivity index (χ2v) is 10.1. The van der Waals surface area contributed by atoms with E-state index >= 15 is 0 Å². The lowest BCUT2D eigenvalue weighted by Crippen LogP contribution is -2.39. The number of hydrogen-bond donors (Lipinski definition) is 3. The first-order valence-corrected chi connectivity index (χ1v) is 12.2. The molecule has 5 rings (SSSR count). The Balaban J connectivity index is 1.28. The van der Waals surface area contributed by atoms with Crippen LogP contribution in [0.5, 0.6) is 0 Å². The summed E-state index contributed by atoms with van der Waals surface area (Å²) in [4.78, 5) is 25.5. The quantitative estimate of drug-likeness (QED) is 0.568. The van der Waals surface area contributed by atoms with Gasteiger partial charge in [-0.2, -0.15) is 0 Å². The van der Waals surface area contributed by atoms with Crippen LogP contribution in [0.1, 0.15) is 39.8 Å². The van der Waals surface area contributed by atoms with E-state index in [1.165, 1.54) is 28.2 Å². The maximum absolute atomic E-state index is 13.0. The van der Waals surface area contributed by atoms with Crippen LogP contribution in [0.25, 0.3) is 10.3 Å². The Labute approximate surface area is 192 Å². The number of nitrogens with two attached hydrogens (primary N) is 1. The van der Waals surface area contributed by atoms with Crippen LogP contribution in [0, 0.1) is 12.8 Å². The molecule has 2 atom stereocenters. The van der Waals surface area contributed by atoms with Gasteiger partial charge in [0.1, 0.15) is 15.2 Å². The highest BCUT2D eigenvalue weighted by Gasteiger charge is 2.25. The van der Waals surface area contributed by atoms with E-state index in [1.54, 1.807) is 6.20 Å². The molecule has 168 valence electrons. The topological polar surface area (TPSA) is 96.2 Å². The highest BCUT2D eigenvalue weighted by Crippen LogP contribution is 2.32. The zero-order valence-corrected chi connectivity index (χ0v) is 19.5. The number of carbonyl (C=O) groups is 1. The van der Waals surface area contributed by atoms with Crippen LogP contribution in [0.4, 0.5) is 11.4 Å². The van der Waals surface area contributed by atoms with E-state index in [0.717, 1.165) is 51.1 Å². The van der Waals surface area contributed by atoms with Gasteiger partial charge in [0.2, 0.25) is 0 Å². The summed E-state index contributed by atoms with van der Waals surface area (Å²) in [5, 5.41) is 6.72. The summed E-state index contributed by atoms with van der Waals surface area (Å²) in [5.41, 5.74) is 12.1. The summed E-state index contributed by atoms with van der Waals surface area (Å²) < 4.78 is 0. The number of aryl methyl sites for hydroxylation is 2. The normalized spacial score (nSPS) is 21.2. The zero-order chi connectivity index (χ0) is 22.2. The molecule has 1 fully saturated rings. The molecule has 1 aromatic carbocycles. The van der Waals surface area contributed by atoms with E-state index in [-0.39, 0.29) is 11.9 Å². The van der Waals surface area contributed by atoms with Gasteiger partial charge in [-0.1, -0.05) is 13.0 Å². The van der Waals surface area contributed by atoms with E-state index in [9.17, 15) is 4.79 Å². The average Bonchev–Trinajstić information content (AvgIpc) is 2.95. The highest BCUT2D eigenvalue weighted by molar-refractivity contribution is 7.21. The monoisotopic (exact) mass is 450 g/mol. The zero-order valence-electron chi connectivity index (χ0n) is 18.6. The van der Waals surface area contributed by atoms with Crippen molar-refractivity contribution in [2.75, 3.05) is 36.8 Å². The van der Waals surface area contributed by atoms with Gasteiger partial charge in [0.25, 0.3) is 5.91 Å². The van der Waals surface area contributed by atoms with Crippen molar-refractivity contribution < 1.29 is 4.79 Å². The number of hydrogen-bond acceptors (Lipinski definition) is 7. The number of aromatic nitrogens is 2. The Bertz CT molecular complexity index is 1160. The Kier molecular flexibility index (Phi) is 5.73. The molecule has 0 spiro atoms. The Morgan fingerprint density at radius 2 is 2.22 bits per heavy atom. The van der Waals surface area contributed by atoms with Crippen molar-refractivity contribution in [3.63, 3.8) is 0 Å². The molecule has 32 heavy (non-hydrogen) atoms. The molecule has 4 N–H and O–H groups in total. The van der Waals surface area contributed by atoms with E-state index in [4.69, 9.17) is 5.73 Å². The van der Waals surface area contributed by atoms with Crippen LogP contribution in [0.3, 0.4) is 0 Å². The standard InChI is InChI=1S/C24H30N6OS/c1-14-11-26-7-8-30(13-14)19-6-4-16-9-18(5-3-17(16)10-19)29-23(31)22-20(25)21-24(32-22)28-15(2)12-27-21/h4,6,10,12,14,18,26H,3,5,7-9,11,13,25H2,1-2H3,(H,29,31)/t14-,18-/m1/s1. The van der Waals surface area contributed by atoms with Gasteiger partial charge in [-0.3, -0.25) is 4.79 Å². The van der Waals surface area contributed by atoms with E-state index in [0.29, 0.717) is 26.8 Å². The van der Waals surface area contributed by atoms with Crippen LogP contribution in [0.15, 0.2) is 24.4 Å². The SMILES string of the molecule is Cc1cnc2c(N)c(C(=O)N[C@@H]3CCc4cc(N5CCNC[C@@H](C)C5)ccc4C3)sc2n1. The van der Waals surface area contributed by atoms with Crippen molar-refractivity contribution in [2.24, 2.45) is 5.92 Å². The lowest BCUT2D eigenvalue weighted by atomic mass is 9.87. The molecule has 0 bridgehead atoms. The first-order valence-electron chi connectivity index (χ1n) is 11.4. The molecule has 1 aliphatic heterocycles. The van der Waals surface area contributed by atoms with Gasteiger partial charge in [-0.15, -0.1) is 11.3 Å². The third-order valence-electron chi connectivity index (χ3n) is 6.47. The molecule has 2 aliphatic rings. The van der Waals surface area contributed by atoms with Crippen LogP contribution in [-0.4, -0.2) is 48.1 Å². The average molecular weight is 451 g/mol. The van der Waals surface area contributed by atoms with Gasteiger partial charge in [-0.05, 0) is 61.9 Å². The summed E-state index contributed by atoms with van der Waals surface area (Å²) >= 11 is 1.32. The lowest BCUT2D eigenvalue weighted by molar-refractivity contribution is 0.0938. The van der Waals surface area contributed by atoms with Crippen molar-refractivity contribution in [1.29, 1.82) is 0 Å². The molecule has 1 aliphatic carbocycles. The van der Waals surface area contributed by atoms with E-state index in [2.05, 4.69) is 50.6 Å². The van der Waals surface area contributed by atoms with Crippen LogP contribution in [-0.2, 0) is 12.8 Å². The number of nitrogens with one attached hydrogen (secondary N) is 2. The summed E-state index contributed by atoms with van der Waals surface area (Å²) in [7, 11) is 0. The van der Waals surface area contributed by atoms with Crippen molar-refractivity contribution >= 4 is 39.0 Å². The fraction of sp³-hybridized carbons (Fsp3) is 0.458. The number of thiophene rings is 1. The second-order valence-electron chi connectivity index (χ2n) is 9.13. The molecule has 0 radical (unpaired) electrons. The molecule has 0 saturated carbocycles. The van der Waals surface area contributed by atoms with Gasteiger partial charge < -0.3 is 21.3 Å². The Morgan fingerprint density at radius 1 is 1.34 bits per heavy atom. The molecular weight excluding hydrogens is 420 g/mol. The summed E-state index contributed by atoms with van der Waals surface area (Å²) in [6, 6.07) is 6.95. The predicted octanol–water partition coefficient (Wildman–Crippen LogP) is 2.91. The Morgan fingerprint density at radius 3 is 3.09 bits per heavy atom. The predicted molar refractivity (Wildman–Crippen MR) is 131 cm³/mol. The number of fused-ring (bicyclic) bond motifs is 2. The van der Waals surface area contributed by atoms with Crippen molar-refractivity contribution in [3.05, 3.63) is 46.1 Å². The number of amides is 1. The first kappa shape index (κ1) is 21.2. The molecule has 2 aromatic heterocycles. The second kappa shape index (κ2) is 8.67. The minimum absolute atomic E-state index is 0.107. The highest BCUT2D eigenvalue weighted by atomic mass is 32.1. The van der Waals surface area contributed by atoms with Crippen LogP contribution < -0.4 is 21.3 Å². The molecule has 3 heterocycles. The molecule has 1 saturated heterocycles. The van der Waals surface area contributed by atoms with Crippen LogP contribution >= 0.6 is 11.3 Å². The summed E-state index contributed by atoms with van der Waals surface area (Å²) in [6.45, 7) is 8.43. The largest absolute Gasteiger partial charge is 0.396 e. The summed E-state index contributed by atoms with van der Waals surface area (Å²) in [5.74, 6) is 0.518. The van der Waals surface area contributed by atoms with Crippen LogP contribution in [0.2, 0.25) is 0 Å². The number of nitrogens with zero attached hydrogens (tertiary/aromatic N) is 3. The van der Waals surface area contributed by atoms with Gasteiger partial charge in [-0.25, -0.2) is 9.97 Å². The maximum Gasteiger partial charge on any atom is 0.263 e. The molecule has 3 aromatic rings. The molecular formula is C24H30N6OS. The maximum atomic E-state index is 13.0. The number of rotatable bonds is 3. The fourth-order valence-corrected chi connectivity index (χ4v) is 5.78. The number of carbonyl (C=O) groups excluding carboxylic acids is 1. The number of benzene rings is 1. The molecule has 8 heteroatoms. The van der Waals surface area contributed by atoms with Crippen molar-refractivity contribution in [2.45, 2.75) is 39.2 Å². The third-order valence-corrected chi connectivity index (χ3v) is 7.56. The fourth-order valence-electron chi connectivity index (χ4n) is 4.78. The van der Waals surface area contributed by atoms with E-state index in [1.807, 2.05) is 6.92 Å². The van der Waals surface area contributed by atoms with Gasteiger partial charge >= 0.3 is 0 Å². The van der Waals surface area contributed by atoms with Gasteiger partial charge in [0.15, 0.2) is 0 Å². The number of nitrogen functional groups attached to an aromatic ring is 1. The van der Waals surface area contributed by atoms with Gasteiger partial charge in [0.05, 0.1) is 11.4 Å². The van der Waals surface area contributed by atoms with Crippen molar-refractivity contribution in [3.8, 4) is 0 Å². The first-order chi connectivity index (χ1) is 15.5. The number of anilines is 2. The summed E-state index contributed by atoms with van der Waals surface area (Å²) in [6.07, 6.45) is 4.43. The van der Waals surface area contributed by atoms with E-state index < -0.39 is 0 Å². The smallest absolute Gasteiger partial charge is 0.263 e. The molecule has 7 nitrogen and oxygen atoms in total. The third kappa shape index (κ3) is 4.17. The molecule has 1 amide bonds. The molecule has 0 unspecified atom stereocenters. The Hall–Kier alpha value is -2.71.